The van der Waals surface area contributed by atoms with E-state index in [1.54, 1.807) is 24.3 Å². The van der Waals surface area contributed by atoms with Crippen molar-refractivity contribution in [3.05, 3.63) is 58.3 Å². The van der Waals surface area contributed by atoms with Crippen molar-refractivity contribution in [3.63, 3.8) is 0 Å². The highest BCUT2D eigenvalue weighted by molar-refractivity contribution is 9.10. The number of carbonyl (C=O) groups excluding carboxylic acids is 1. The van der Waals surface area contributed by atoms with Gasteiger partial charge in [0, 0.05) is 10.0 Å². The van der Waals surface area contributed by atoms with Gasteiger partial charge in [-0.05, 0) is 30.3 Å². The first-order valence-corrected chi connectivity index (χ1v) is 5.91. The summed E-state index contributed by atoms with van der Waals surface area (Å²) in [6, 6.07) is 10.5. The van der Waals surface area contributed by atoms with E-state index >= 15 is 0 Å². The number of para-hydroxylation sites is 1. The summed E-state index contributed by atoms with van der Waals surface area (Å²) in [5, 5.41) is 11.8. The minimum atomic E-state index is -0.682. The summed E-state index contributed by atoms with van der Waals surface area (Å²) in [6.07, 6.45) is 0. The molecule has 0 radical (unpaired) electrons. The molecule has 2 aromatic rings. The Morgan fingerprint density at radius 1 is 1.22 bits per heavy atom. The molecule has 0 spiro atoms. The fourth-order valence-electron chi connectivity index (χ4n) is 1.45. The van der Waals surface area contributed by atoms with Gasteiger partial charge in [0.05, 0.1) is 0 Å². The summed E-state index contributed by atoms with van der Waals surface area (Å²) in [4.78, 5) is 11.9. The lowest BCUT2D eigenvalue weighted by molar-refractivity contribution is 0.102. The molecular weight excluding hydrogens is 301 g/mol. The number of rotatable bonds is 2. The molecular formula is C13H9BrFNO2. The summed E-state index contributed by atoms with van der Waals surface area (Å²) < 4.78 is 14.2. The van der Waals surface area contributed by atoms with Crippen molar-refractivity contribution in [2.45, 2.75) is 0 Å². The van der Waals surface area contributed by atoms with Gasteiger partial charge in [0.1, 0.15) is 11.4 Å². The van der Waals surface area contributed by atoms with Crippen LogP contribution < -0.4 is 5.32 Å². The SMILES string of the molecule is O=C(Nc1c(O)cccc1F)c1cccc(Br)c1. The van der Waals surface area contributed by atoms with Crippen molar-refractivity contribution in [3.8, 4) is 5.75 Å². The fourth-order valence-corrected chi connectivity index (χ4v) is 1.85. The van der Waals surface area contributed by atoms with E-state index in [9.17, 15) is 14.3 Å². The molecule has 0 saturated carbocycles. The number of carbonyl (C=O) groups is 1. The Hall–Kier alpha value is -1.88. The third-order valence-corrected chi connectivity index (χ3v) is 2.81. The zero-order valence-electron chi connectivity index (χ0n) is 9.15. The van der Waals surface area contributed by atoms with Gasteiger partial charge in [-0.3, -0.25) is 4.79 Å². The Kier molecular flexibility index (Phi) is 3.62. The molecule has 18 heavy (non-hydrogen) atoms. The van der Waals surface area contributed by atoms with Gasteiger partial charge in [0.15, 0.2) is 5.82 Å². The van der Waals surface area contributed by atoms with Crippen LogP contribution in [0.1, 0.15) is 10.4 Å². The predicted molar refractivity (Wildman–Crippen MR) is 70.2 cm³/mol. The van der Waals surface area contributed by atoms with Crippen LogP contribution in [0.5, 0.6) is 5.75 Å². The van der Waals surface area contributed by atoms with E-state index in [-0.39, 0.29) is 11.4 Å². The molecule has 92 valence electrons. The molecule has 0 aliphatic rings. The molecule has 0 aromatic heterocycles. The third-order valence-electron chi connectivity index (χ3n) is 2.32. The number of phenols is 1. The lowest BCUT2D eigenvalue weighted by Crippen LogP contribution is -2.13. The first-order valence-electron chi connectivity index (χ1n) is 5.12. The summed E-state index contributed by atoms with van der Waals surface area (Å²) in [5.41, 5.74) is 0.148. The van der Waals surface area contributed by atoms with Crippen molar-refractivity contribution in [1.82, 2.24) is 0 Å². The van der Waals surface area contributed by atoms with Gasteiger partial charge in [0.2, 0.25) is 0 Å². The Morgan fingerprint density at radius 3 is 2.61 bits per heavy atom. The quantitative estimate of drug-likeness (QED) is 0.834. The maximum Gasteiger partial charge on any atom is 0.255 e. The van der Waals surface area contributed by atoms with Gasteiger partial charge in [-0.2, -0.15) is 0 Å². The van der Waals surface area contributed by atoms with E-state index < -0.39 is 11.7 Å². The Balaban J connectivity index is 2.27. The van der Waals surface area contributed by atoms with E-state index in [1.807, 2.05) is 0 Å². The molecule has 0 atom stereocenters. The highest BCUT2D eigenvalue weighted by Gasteiger charge is 2.12. The highest BCUT2D eigenvalue weighted by atomic mass is 79.9. The summed E-state index contributed by atoms with van der Waals surface area (Å²) >= 11 is 3.24. The van der Waals surface area contributed by atoms with Gasteiger partial charge in [-0.1, -0.05) is 28.1 Å². The zero-order valence-corrected chi connectivity index (χ0v) is 10.7. The highest BCUT2D eigenvalue weighted by Crippen LogP contribution is 2.26. The average Bonchev–Trinajstić information content (AvgIpc) is 2.34. The molecule has 0 aliphatic carbocycles. The molecule has 1 amide bonds. The maximum atomic E-state index is 13.4. The second-order valence-electron chi connectivity index (χ2n) is 3.60. The van der Waals surface area contributed by atoms with Crippen molar-refractivity contribution in [2.75, 3.05) is 5.32 Å². The first-order chi connectivity index (χ1) is 8.58. The van der Waals surface area contributed by atoms with Crippen molar-refractivity contribution in [2.24, 2.45) is 0 Å². The van der Waals surface area contributed by atoms with Gasteiger partial charge in [-0.25, -0.2) is 4.39 Å². The van der Waals surface area contributed by atoms with E-state index in [2.05, 4.69) is 21.2 Å². The third kappa shape index (κ3) is 2.68. The molecule has 2 aromatic carbocycles. The molecule has 0 fully saturated rings. The number of hydrogen-bond acceptors (Lipinski definition) is 2. The molecule has 5 heteroatoms. The van der Waals surface area contributed by atoms with Gasteiger partial charge in [-0.15, -0.1) is 0 Å². The second-order valence-corrected chi connectivity index (χ2v) is 4.51. The van der Waals surface area contributed by atoms with Crippen LogP contribution in [0.3, 0.4) is 0 Å². The van der Waals surface area contributed by atoms with Crippen LogP contribution in [0.25, 0.3) is 0 Å². The van der Waals surface area contributed by atoms with Crippen LogP contribution >= 0.6 is 15.9 Å². The lowest BCUT2D eigenvalue weighted by atomic mass is 10.2. The van der Waals surface area contributed by atoms with Crippen LogP contribution in [0.2, 0.25) is 0 Å². The Morgan fingerprint density at radius 2 is 1.94 bits per heavy atom. The van der Waals surface area contributed by atoms with Crippen LogP contribution in [0.15, 0.2) is 46.9 Å². The number of benzene rings is 2. The number of anilines is 1. The largest absolute Gasteiger partial charge is 0.506 e. The molecule has 0 unspecified atom stereocenters. The summed E-state index contributed by atoms with van der Waals surface area (Å²) in [7, 11) is 0. The van der Waals surface area contributed by atoms with Gasteiger partial charge < -0.3 is 10.4 Å². The van der Waals surface area contributed by atoms with E-state index in [0.717, 1.165) is 10.5 Å². The summed E-state index contributed by atoms with van der Waals surface area (Å²) in [5.74, 6) is -1.48. The number of hydrogen-bond donors (Lipinski definition) is 2. The van der Waals surface area contributed by atoms with Crippen molar-refractivity contribution < 1.29 is 14.3 Å². The zero-order chi connectivity index (χ0) is 13.1. The summed E-state index contributed by atoms with van der Waals surface area (Å²) in [6.45, 7) is 0. The van der Waals surface area contributed by atoms with Crippen LogP contribution in [-0.4, -0.2) is 11.0 Å². The molecule has 0 saturated heterocycles. The molecule has 0 aliphatic heterocycles. The molecule has 3 nitrogen and oxygen atoms in total. The van der Waals surface area contributed by atoms with Crippen LogP contribution in [0.4, 0.5) is 10.1 Å². The fraction of sp³-hybridized carbons (Fsp3) is 0. The van der Waals surface area contributed by atoms with Crippen molar-refractivity contribution in [1.29, 1.82) is 0 Å². The van der Waals surface area contributed by atoms with Crippen molar-refractivity contribution >= 4 is 27.5 Å². The van der Waals surface area contributed by atoms with Crippen LogP contribution in [0, 0.1) is 5.82 Å². The average molecular weight is 310 g/mol. The maximum absolute atomic E-state index is 13.4. The minimum absolute atomic E-state index is 0.220. The first kappa shape index (κ1) is 12.6. The molecule has 2 N–H and O–H groups in total. The standard InChI is InChI=1S/C13H9BrFNO2/c14-9-4-1-3-8(7-9)13(18)16-12-10(15)5-2-6-11(12)17/h1-7,17H,(H,16,18). The lowest BCUT2D eigenvalue weighted by Gasteiger charge is -2.08. The Bertz CT molecular complexity index is 581. The number of phenolic OH excluding ortho intramolecular Hbond substituents is 1. The monoisotopic (exact) mass is 309 g/mol. The topological polar surface area (TPSA) is 49.3 Å². The van der Waals surface area contributed by atoms with Gasteiger partial charge in [0.25, 0.3) is 5.91 Å². The van der Waals surface area contributed by atoms with Crippen LogP contribution in [-0.2, 0) is 0 Å². The smallest absolute Gasteiger partial charge is 0.255 e. The van der Waals surface area contributed by atoms with Gasteiger partial charge >= 0.3 is 0 Å². The molecule has 2 rings (SSSR count). The molecule has 0 heterocycles. The van der Waals surface area contributed by atoms with E-state index in [4.69, 9.17) is 0 Å². The predicted octanol–water partition coefficient (Wildman–Crippen LogP) is 3.55. The second kappa shape index (κ2) is 5.18. The number of aromatic hydroxyl groups is 1. The number of halogens is 2. The minimum Gasteiger partial charge on any atom is -0.506 e. The molecule has 0 bridgehead atoms. The normalized spacial score (nSPS) is 10.1. The van der Waals surface area contributed by atoms with E-state index in [0.29, 0.717) is 5.56 Å². The Labute approximate surface area is 111 Å². The number of nitrogens with one attached hydrogen (secondary N) is 1. The van der Waals surface area contributed by atoms with E-state index in [1.165, 1.54) is 12.1 Å². The number of amides is 1.